The van der Waals surface area contributed by atoms with Crippen molar-refractivity contribution < 1.29 is 8.42 Å². The van der Waals surface area contributed by atoms with Crippen molar-refractivity contribution in [1.29, 1.82) is 0 Å². The van der Waals surface area contributed by atoms with E-state index in [0.29, 0.717) is 22.8 Å². The Labute approximate surface area is 142 Å². The average Bonchev–Trinajstić information content (AvgIpc) is 2.79. The summed E-state index contributed by atoms with van der Waals surface area (Å²) in [5, 5.41) is 3.24. The smallest absolute Gasteiger partial charge is 0.250 e. The highest BCUT2D eigenvalue weighted by Gasteiger charge is 2.15. The van der Waals surface area contributed by atoms with Crippen molar-refractivity contribution in [3.63, 3.8) is 0 Å². The predicted octanol–water partition coefficient (Wildman–Crippen LogP) is 1.96. The lowest BCUT2D eigenvalue weighted by atomic mass is 10.1. The van der Waals surface area contributed by atoms with Crippen LogP contribution in [-0.2, 0) is 10.0 Å². The van der Waals surface area contributed by atoms with Crippen LogP contribution in [-0.4, -0.2) is 33.5 Å². The van der Waals surface area contributed by atoms with Crippen LogP contribution < -0.4 is 15.8 Å². The zero-order valence-corrected chi connectivity index (χ0v) is 15.2. The van der Waals surface area contributed by atoms with Gasteiger partial charge in [0.15, 0.2) is 5.96 Å². The Kier molecular flexibility index (Phi) is 6.86. The molecule has 0 saturated heterocycles. The summed E-state index contributed by atoms with van der Waals surface area (Å²) in [6, 6.07) is 3.81. The van der Waals surface area contributed by atoms with Crippen molar-refractivity contribution in [2.75, 3.05) is 13.1 Å². The van der Waals surface area contributed by atoms with Crippen LogP contribution >= 0.6 is 11.3 Å². The average molecular weight is 359 g/mol. The molecule has 0 spiro atoms. The first-order valence-corrected chi connectivity index (χ1v) is 10.4. The van der Waals surface area contributed by atoms with Gasteiger partial charge in [0, 0.05) is 17.5 Å². The minimum atomic E-state index is -3.43. The van der Waals surface area contributed by atoms with E-state index < -0.39 is 10.0 Å². The number of rotatable bonds is 6. The molecule has 130 valence electrons. The number of nitrogens with two attached hydrogens (primary N) is 1. The third-order valence-electron chi connectivity index (χ3n) is 3.87. The maximum Gasteiger partial charge on any atom is 0.250 e. The molecule has 4 N–H and O–H groups in total. The fraction of sp³-hybridized carbons (Fsp3) is 0.667. The summed E-state index contributed by atoms with van der Waals surface area (Å²) in [6.45, 7) is 2.45. The number of nitrogens with zero attached hydrogens (tertiary/aromatic N) is 1. The van der Waals surface area contributed by atoms with Crippen LogP contribution in [0.3, 0.4) is 0 Å². The standard InChI is InChI=1S/C15H26N4O2S2/c1-12-8-9-14(22-12)23(20,21)18-11-10-17-15(16)19-13-6-4-2-3-5-7-13/h8-9,13,18H,2-7,10-11H2,1H3,(H3,16,17,19). The number of sulfonamides is 1. The lowest BCUT2D eigenvalue weighted by Gasteiger charge is -2.16. The monoisotopic (exact) mass is 358 g/mol. The van der Waals surface area contributed by atoms with Crippen LogP contribution in [0.25, 0.3) is 0 Å². The second-order valence-electron chi connectivity index (χ2n) is 5.86. The highest BCUT2D eigenvalue weighted by Crippen LogP contribution is 2.20. The normalized spacial score (nSPS) is 17.9. The van der Waals surface area contributed by atoms with E-state index in [0.717, 1.165) is 17.7 Å². The van der Waals surface area contributed by atoms with Crippen LogP contribution in [0.2, 0.25) is 0 Å². The van der Waals surface area contributed by atoms with E-state index in [1.807, 2.05) is 6.92 Å². The Morgan fingerprint density at radius 3 is 2.61 bits per heavy atom. The van der Waals surface area contributed by atoms with Gasteiger partial charge in [-0.1, -0.05) is 25.7 Å². The van der Waals surface area contributed by atoms with Gasteiger partial charge in [0.05, 0.1) is 6.54 Å². The molecule has 0 atom stereocenters. The van der Waals surface area contributed by atoms with Gasteiger partial charge in [-0.2, -0.15) is 0 Å². The maximum atomic E-state index is 12.0. The van der Waals surface area contributed by atoms with Gasteiger partial charge in [-0.25, -0.2) is 13.1 Å². The number of nitrogens with one attached hydrogen (secondary N) is 2. The van der Waals surface area contributed by atoms with Crippen molar-refractivity contribution in [2.24, 2.45) is 10.7 Å². The summed E-state index contributed by atoms with van der Waals surface area (Å²) < 4.78 is 27.0. The van der Waals surface area contributed by atoms with E-state index in [-0.39, 0.29) is 6.54 Å². The van der Waals surface area contributed by atoms with Gasteiger partial charge >= 0.3 is 0 Å². The molecule has 6 nitrogen and oxygen atoms in total. The molecule has 1 fully saturated rings. The largest absolute Gasteiger partial charge is 0.370 e. The summed E-state index contributed by atoms with van der Waals surface area (Å²) in [4.78, 5) is 5.18. The van der Waals surface area contributed by atoms with Crippen LogP contribution in [0.1, 0.15) is 43.4 Å². The number of aliphatic imine (C=N–C) groups is 1. The van der Waals surface area contributed by atoms with Gasteiger partial charge in [0.2, 0.25) is 10.0 Å². The molecule has 1 aromatic rings. The molecule has 1 aliphatic carbocycles. The Morgan fingerprint density at radius 2 is 2.00 bits per heavy atom. The van der Waals surface area contributed by atoms with Crippen LogP contribution in [0, 0.1) is 6.92 Å². The topological polar surface area (TPSA) is 96.6 Å². The van der Waals surface area contributed by atoms with E-state index in [9.17, 15) is 8.42 Å². The number of hydrogen-bond acceptors (Lipinski definition) is 4. The van der Waals surface area contributed by atoms with E-state index in [4.69, 9.17) is 5.73 Å². The number of aryl methyl sites for hydroxylation is 1. The maximum absolute atomic E-state index is 12.0. The molecule has 0 aromatic carbocycles. The quantitative estimate of drug-likeness (QED) is 0.313. The third-order valence-corrected chi connectivity index (χ3v) is 6.83. The van der Waals surface area contributed by atoms with Gasteiger partial charge in [-0.15, -0.1) is 11.3 Å². The molecule has 0 amide bonds. The van der Waals surface area contributed by atoms with Crippen molar-refractivity contribution >= 4 is 27.3 Å². The van der Waals surface area contributed by atoms with Crippen LogP contribution in [0.4, 0.5) is 0 Å². The fourth-order valence-corrected chi connectivity index (χ4v) is 5.01. The molecular weight excluding hydrogens is 332 g/mol. The molecule has 0 bridgehead atoms. The first kappa shape index (κ1) is 18.2. The molecule has 0 aliphatic heterocycles. The van der Waals surface area contributed by atoms with Crippen molar-refractivity contribution in [3.05, 3.63) is 17.0 Å². The Morgan fingerprint density at radius 1 is 1.30 bits per heavy atom. The summed E-state index contributed by atoms with van der Waals surface area (Å²) in [7, 11) is -3.43. The van der Waals surface area contributed by atoms with Gasteiger partial charge < -0.3 is 11.1 Å². The first-order valence-electron chi connectivity index (χ1n) is 8.10. The Balaban J connectivity index is 1.75. The van der Waals surface area contributed by atoms with Crippen molar-refractivity contribution in [1.82, 2.24) is 10.0 Å². The summed E-state index contributed by atoms with van der Waals surface area (Å²) in [5.74, 6) is 0.406. The molecule has 1 aromatic heterocycles. The highest BCUT2D eigenvalue weighted by molar-refractivity contribution is 7.91. The summed E-state index contributed by atoms with van der Waals surface area (Å²) in [5.41, 5.74) is 5.88. The molecule has 0 radical (unpaired) electrons. The van der Waals surface area contributed by atoms with Crippen LogP contribution in [0.15, 0.2) is 21.3 Å². The number of thiophene rings is 1. The van der Waals surface area contributed by atoms with E-state index >= 15 is 0 Å². The Hall–Kier alpha value is -1.12. The molecule has 1 aliphatic rings. The molecule has 1 saturated carbocycles. The zero-order valence-electron chi connectivity index (χ0n) is 13.5. The van der Waals surface area contributed by atoms with E-state index in [1.165, 1.54) is 37.0 Å². The minimum Gasteiger partial charge on any atom is -0.370 e. The van der Waals surface area contributed by atoms with Gasteiger partial charge in [-0.3, -0.25) is 4.99 Å². The van der Waals surface area contributed by atoms with E-state index in [2.05, 4.69) is 15.0 Å². The SMILES string of the molecule is Cc1ccc(S(=O)(=O)NCCN=C(N)NC2CCCCCC2)s1. The zero-order chi connectivity index (χ0) is 16.7. The molecule has 23 heavy (non-hydrogen) atoms. The first-order chi connectivity index (χ1) is 11.0. The predicted molar refractivity (Wildman–Crippen MR) is 95.4 cm³/mol. The number of hydrogen-bond donors (Lipinski definition) is 3. The molecule has 2 rings (SSSR count). The Bertz CT molecular complexity index is 617. The minimum absolute atomic E-state index is 0.242. The van der Waals surface area contributed by atoms with Gasteiger partial charge in [0.25, 0.3) is 0 Å². The van der Waals surface area contributed by atoms with Crippen molar-refractivity contribution in [3.8, 4) is 0 Å². The second-order valence-corrected chi connectivity index (χ2v) is 9.14. The molecule has 1 heterocycles. The van der Waals surface area contributed by atoms with Crippen molar-refractivity contribution in [2.45, 2.75) is 55.7 Å². The molecule has 8 heteroatoms. The fourth-order valence-electron chi connectivity index (χ4n) is 2.66. The number of guanidine groups is 1. The van der Waals surface area contributed by atoms with Gasteiger partial charge in [0.1, 0.15) is 4.21 Å². The van der Waals surface area contributed by atoms with Gasteiger partial charge in [-0.05, 0) is 31.9 Å². The summed E-state index contributed by atoms with van der Waals surface area (Å²) >= 11 is 1.26. The second kappa shape index (κ2) is 8.65. The lowest BCUT2D eigenvalue weighted by Crippen LogP contribution is -2.40. The summed E-state index contributed by atoms with van der Waals surface area (Å²) in [6.07, 6.45) is 7.29. The lowest BCUT2D eigenvalue weighted by molar-refractivity contribution is 0.530. The van der Waals surface area contributed by atoms with Crippen LogP contribution in [0.5, 0.6) is 0 Å². The molecule has 0 unspecified atom stereocenters. The molecular formula is C15H26N4O2S2. The van der Waals surface area contributed by atoms with E-state index in [1.54, 1.807) is 12.1 Å². The third kappa shape index (κ3) is 6.12. The highest BCUT2D eigenvalue weighted by atomic mass is 32.2.